The predicted octanol–water partition coefficient (Wildman–Crippen LogP) is 1.97. The highest BCUT2D eigenvalue weighted by Crippen LogP contribution is 2.29. The van der Waals surface area contributed by atoms with Gasteiger partial charge in [0.25, 0.3) is 0 Å². The minimum atomic E-state index is -0.672. The lowest BCUT2D eigenvalue weighted by Crippen LogP contribution is -2.15. The molecule has 1 saturated heterocycles. The predicted molar refractivity (Wildman–Crippen MR) is 50.7 cm³/mol. The SMILES string of the molecule is Nc1c(F)cc(F)cc1[C@H]1CCCN1. The topological polar surface area (TPSA) is 38.0 Å². The van der Waals surface area contributed by atoms with Gasteiger partial charge >= 0.3 is 0 Å². The second-order valence-corrected chi connectivity index (χ2v) is 3.54. The third-order valence-electron chi connectivity index (χ3n) is 2.56. The molecule has 1 atom stereocenters. The molecule has 1 aliphatic rings. The Labute approximate surface area is 81.1 Å². The van der Waals surface area contributed by atoms with Crippen molar-refractivity contribution in [3.63, 3.8) is 0 Å². The molecule has 0 aliphatic carbocycles. The zero-order valence-corrected chi connectivity index (χ0v) is 7.69. The fourth-order valence-electron chi connectivity index (χ4n) is 1.84. The van der Waals surface area contributed by atoms with Gasteiger partial charge in [0.05, 0.1) is 5.69 Å². The molecule has 0 saturated carbocycles. The van der Waals surface area contributed by atoms with E-state index < -0.39 is 11.6 Å². The first-order chi connectivity index (χ1) is 6.68. The molecule has 2 nitrogen and oxygen atoms in total. The maximum absolute atomic E-state index is 13.1. The van der Waals surface area contributed by atoms with Crippen molar-refractivity contribution < 1.29 is 8.78 Å². The highest BCUT2D eigenvalue weighted by molar-refractivity contribution is 5.50. The number of hydrogen-bond donors (Lipinski definition) is 2. The van der Waals surface area contributed by atoms with Crippen LogP contribution in [0.3, 0.4) is 0 Å². The Hall–Kier alpha value is -1.16. The van der Waals surface area contributed by atoms with Gasteiger partial charge in [0.15, 0.2) is 0 Å². The lowest BCUT2D eigenvalue weighted by molar-refractivity contribution is 0.570. The number of rotatable bonds is 1. The number of nitrogens with two attached hydrogens (primary N) is 1. The van der Waals surface area contributed by atoms with E-state index in [0.717, 1.165) is 25.5 Å². The average Bonchev–Trinajstić information content (AvgIpc) is 2.63. The third-order valence-corrected chi connectivity index (χ3v) is 2.56. The van der Waals surface area contributed by atoms with Crippen LogP contribution in [0.1, 0.15) is 24.4 Å². The number of nitrogens with one attached hydrogen (secondary N) is 1. The van der Waals surface area contributed by atoms with Crippen LogP contribution in [0.4, 0.5) is 14.5 Å². The Morgan fingerprint density at radius 2 is 2.14 bits per heavy atom. The summed E-state index contributed by atoms with van der Waals surface area (Å²) in [5, 5.41) is 3.15. The van der Waals surface area contributed by atoms with Crippen molar-refractivity contribution >= 4 is 5.69 Å². The molecular weight excluding hydrogens is 186 g/mol. The van der Waals surface area contributed by atoms with Crippen LogP contribution >= 0.6 is 0 Å². The molecule has 1 aromatic carbocycles. The second-order valence-electron chi connectivity index (χ2n) is 3.54. The minimum absolute atomic E-state index is 0.000185. The van der Waals surface area contributed by atoms with E-state index in [1.54, 1.807) is 0 Å². The molecule has 76 valence electrons. The van der Waals surface area contributed by atoms with Crippen molar-refractivity contribution in [3.05, 3.63) is 29.3 Å². The second kappa shape index (κ2) is 3.53. The lowest BCUT2D eigenvalue weighted by atomic mass is 10.0. The van der Waals surface area contributed by atoms with Gasteiger partial charge in [0.2, 0.25) is 0 Å². The zero-order valence-electron chi connectivity index (χ0n) is 7.69. The van der Waals surface area contributed by atoms with Crippen molar-refractivity contribution in [3.8, 4) is 0 Å². The highest BCUT2D eigenvalue weighted by atomic mass is 19.1. The minimum Gasteiger partial charge on any atom is -0.396 e. The molecule has 2 rings (SSSR count). The number of benzene rings is 1. The van der Waals surface area contributed by atoms with E-state index in [9.17, 15) is 8.78 Å². The largest absolute Gasteiger partial charge is 0.396 e. The maximum atomic E-state index is 13.1. The van der Waals surface area contributed by atoms with Crippen LogP contribution in [-0.2, 0) is 0 Å². The summed E-state index contributed by atoms with van der Waals surface area (Å²) in [5.41, 5.74) is 6.15. The Balaban J connectivity index is 2.40. The zero-order chi connectivity index (χ0) is 10.1. The van der Waals surface area contributed by atoms with Gasteiger partial charge in [-0.25, -0.2) is 8.78 Å². The number of hydrogen-bond acceptors (Lipinski definition) is 2. The van der Waals surface area contributed by atoms with Crippen molar-refractivity contribution in [1.82, 2.24) is 5.32 Å². The molecule has 4 heteroatoms. The average molecular weight is 198 g/mol. The molecule has 0 bridgehead atoms. The molecule has 1 heterocycles. The number of nitrogen functional groups attached to an aromatic ring is 1. The van der Waals surface area contributed by atoms with Crippen LogP contribution in [0.25, 0.3) is 0 Å². The Morgan fingerprint density at radius 1 is 1.36 bits per heavy atom. The molecule has 0 aromatic heterocycles. The van der Waals surface area contributed by atoms with E-state index >= 15 is 0 Å². The van der Waals surface area contributed by atoms with E-state index in [-0.39, 0.29) is 11.7 Å². The van der Waals surface area contributed by atoms with Gasteiger partial charge in [-0.3, -0.25) is 0 Å². The standard InChI is InChI=1S/C10H12F2N2/c11-6-4-7(9-2-1-3-14-9)10(13)8(12)5-6/h4-5,9,14H,1-3,13H2/t9-/m1/s1. The molecule has 0 unspecified atom stereocenters. The van der Waals surface area contributed by atoms with Crippen LogP contribution in [0.2, 0.25) is 0 Å². The Bertz CT molecular complexity index is 346. The molecule has 14 heavy (non-hydrogen) atoms. The first kappa shape index (κ1) is 9.40. The lowest BCUT2D eigenvalue weighted by Gasteiger charge is -2.13. The monoisotopic (exact) mass is 198 g/mol. The fourth-order valence-corrected chi connectivity index (χ4v) is 1.84. The van der Waals surface area contributed by atoms with Gasteiger partial charge in [-0.05, 0) is 31.0 Å². The van der Waals surface area contributed by atoms with Crippen LogP contribution in [0.15, 0.2) is 12.1 Å². The third kappa shape index (κ3) is 1.57. The van der Waals surface area contributed by atoms with Gasteiger partial charge in [0, 0.05) is 12.1 Å². The van der Waals surface area contributed by atoms with Crippen LogP contribution in [0.5, 0.6) is 0 Å². The smallest absolute Gasteiger partial charge is 0.149 e. The Kier molecular flexibility index (Phi) is 2.37. The van der Waals surface area contributed by atoms with E-state index in [1.807, 2.05) is 0 Å². The van der Waals surface area contributed by atoms with Gasteiger partial charge < -0.3 is 11.1 Å². The van der Waals surface area contributed by atoms with Crippen molar-refractivity contribution in [1.29, 1.82) is 0 Å². The molecule has 3 N–H and O–H groups in total. The van der Waals surface area contributed by atoms with Crippen LogP contribution < -0.4 is 11.1 Å². The molecule has 1 aromatic rings. The van der Waals surface area contributed by atoms with Crippen molar-refractivity contribution in [2.45, 2.75) is 18.9 Å². The molecular formula is C10H12F2N2. The molecule has 0 amide bonds. The summed E-state index contributed by atoms with van der Waals surface area (Å²) in [6, 6.07) is 2.12. The summed E-state index contributed by atoms with van der Waals surface area (Å²) >= 11 is 0. The van der Waals surface area contributed by atoms with Gasteiger partial charge in [-0.1, -0.05) is 0 Å². The van der Waals surface area contributed by atoms with E-state index in [4.69, 9.17) is 5.73 Å². The summed E-state index contributed by atoms with van der Waals surface area (Å²) < 4.78 is 26.0. The molecule has 0 radical (unpaired) electrons. The quantitative estimate of drug-likeness (QED) is 0.677. The summed E-state index contributed by atoms with van der Waals surface area (Å²) in [6.45, 7) is 0.877. The highest BCUT2D eigenvalue weighted by Gasteiger charge is 2.20. The maximum Gasteiger partial charge on any atom is 0.149 e. The van der Waals surface area contributed by atoms with Crippen molar-refractivity contribution in [2.75, 3.05) is 12.3 Å². The first-order valence-corrected chi connectivity index (χ1v) is 4.66. The summed E-state index contributed by atoms with van der Waals surface area (Å²) in [7, 11) is 0. The summed E-state index contributed by atoms with van der Waals surface area (Å²) in [6.07, 6.45) is 1.90. The van der Waals surface area contributed by atoms with E-state index in [1.165, 1.54) is 6.07 Å². The van der Waals surface area contributed by atoms with Gasteiger partial charge in [0.1, 0.15) is 11.6 Å². The first-order valence-electron chi connectivity index (χ1n) is 4.66. The molecule has 1 aliphatic heterocycles. The Morgan fingerprint density at radius 3 is 2.79 bits per heavy atom. The number of halogens is 2. The van der Waals surface area contributed by atoms with E-state index in [2.05, 4.69) is 5.32 Å². The number of anilines is 1. The fraction of sp³-hybridized carbons (Fsp3) is 0.400. The van der Waals surface area contributed by atoms with Gasteiger partial charge in [-0.15, -0.1) is 0 Å². The summed E-state index contributed by atoms with van der Waals surface area (Å²) in [5.74, 6) is -1.24. The van der Waals surface area contributed by atoms with Gasteiger partial charge in [-0.2, -0.15) is 0 Å². The van der Waals surface area contributed by atoms with Crippen molar-refractivity contribution in [2.24, 2.45) is 0 Å². The summed E-state index contributed by atoms with van der Waals surface area (Å²) in [4.78, 5) is 0. The van der Waals surface area contributed by atoms with Crippen LogP contribution in [-0.4, -0.2) is 6.54 Å². The normalized spacial score (nSPS) is 21.4. The molecule has 0 spiro atoms. The van der Waals surface area contributed by atoms with Crippen LogP contribution in [0, 0.1) is 11.6 Å². The molecule has 1 fully saturated rings. The van der Waals surface area contributed by atoms with E-state index in [0.29, 0.717) is 5.56 Å².